The van der Waals surface area contributed by atoms with Gasteiger partial charge in [0.05, 0.1) is 0 Å². The molecule has 0 amide bonds. The molecule has 1 aliphatic carbocycles. The van der Waals surface area contributed by atoms with Crippen LogP contribution in [0.4, 0.5) is 0 Å². The van der Waals surface area contributed by atoms with Crippen molar-refractivity contribution < 1.29 is 4.79 Å². The molecule has 1 nitrogen and oxygen atoms in total. The highest BCUT2D eigenvalue weighted by Crippen LogP contribution is 2.19. The maximum absolute atomic E-state index is 11.0. The highest BCUT2D eigenvalue weighted by atomic mass is 16.1. The third-order valence-electron chi connectivity index (χ3n) is 1.72. The molecule has 0 unspecified atom stereocenters. The molecule has 0 aliphatic heterocycles. The molecular weight excluding hydrogens is 124 g/mol. The first-order valence-corrected chi connectivity index (χ1v) is 3.24. The number of hydrogen-bond acceptors (Lipinski definition) is 1. The molecule has 0 fully saturated rings. The molecule has 1 aliphatic rings. The summed E-state index contributed by atoms with van der Waals surface area (Å²) in [6.45, 7) is 0. The van der Waals surface area contributed by atoms with Gasteiger partial charge < -0.3 is 0 Å². The molecule has 10 heavy (non-hydrogen) atoms. The van der Waals surface area contributed by atoms with Crippen molar-refractivity contribution >= 4 is 5.78 Å². The van der Waals surface area contributed by atoms with E-state index in [-0.39, 0.29) is 5.78 Å². The number of benzene rings is 1. The van der Waals surface area contributed by atoms with Crippen LogP contribution in [-0.4, -0.2) is 5.78 Å². The molecule has 0 heterocycles. The van der Waals surface area contributed by atoms with Crippen LogP contribution in [0.1, 0.15) is 15.9 Å². The average Bonchev–Trinajstić information content (AvgIpc) is 2.34. The van der Waals surface area contributed by atoms with E-state index < -0.39 is 0 Å². The number of hydrogen-bond donors (Lipinski definition) is 0. The fourth-order valence-electron chi connectivity index (χ4n) is 1.19. The van der Waals surface area contributed by atoms with Crippen LogP contribution in [0.15, 0.2) is 18.2 Å². The maximum Gasteiger partial charge on any atom is 0.167 e. The van der Waals surface area contributed by atoms with E-state index in [0.29, 0.717) is 0 Å². The summed E-state index contributed by atoms with van der Waals surface area (Å²) in [6.07, 6.45) is 2.49. The summed E-state index contributed by atoms with van der Waals surface area (Å²) in [5.41, 5.74) is 1.95. The van der Waals surface area contributed by atoms with Gasteiger partial charge in [0.15, 0.2) is 5.78 Å². The highest BCUT2D eigenvalue weighted by Gasteiger charge is 2.17. The van der Waals surface area contributed by atoms with Crippen LogP contribution in [0.5, 0.6) is 0 Å². The molecule has 2 rings (SSSR count). The number of carbonyl (C=O) groups is 1. The van der Waals surface area contributed by atoms with Crippen molar-refractivity contribution in [1.29, 1.82) is 0 Å². The SMILES string of the molecule is O=C1[CH]Cc2c[c]ccc21. The standard InChI is InChI=1S/C9H6O/c10-9-6-5-7-3-1-2-4-8(7)9/h2-4,6H,5H2. The first-order chi connectivity index (χ1) is 4.88. The molecule has 0 bridgehead atoms. The minimum atomic E-state index is 0.156. The van der Waals surface area contributed by atoms with Gasteiger partial charge in [0.1, 0.15) is 0 Å². The minimum absolute atomic E-state index is 0.156. The van der Waals surface area contributed by atoms with Crippen LogP contribution in [0.3, 0.4) is 0 Å². The summed E-state index contributed by atoms with van der Waals surface area (Å²) in [6, 6.07) is 8.41. The summed E-state index contributed by atoms with van der Waals surface area (Å²) in [4.78, 5) is 11.0. The molecule has 1 aromatic carbocycles. The van der Waals surface area contributed by atoms with E-state index >= 15 is 0 Å². The Morgan fingerprint density at radius 2 is 2.40 bits per heavy atom. The van der Waals surface area contributed by atoms with Crippen LogP contribution < -0.4 is 0 Å². The van der Waals surface area contributed by atoms with Crippen molar-refractivity contribution in [3.05, 3.63) is 41.8 Å². The van der Waals surface area contributed by atoms with Crippen molar-refractivity contribution in [2.75, 3.05) is 0 Å². The topological polar surface area (TPSA) is 17.1 Å². The van der Waals surface area contributed by atoms with Crippen molar-refractivity contribution in [3.8, 4) is 0 Å². The van der Waals surface area contributed by atoms with Crippen LogP contribution in [0.2, 0.25) is 0 Å². The van der Waals surface area contributed by atoms with E-state index in [1.54, 1.807) is 12.5 Å². The lowest BCUT2D eigenvalue weighted by atomic mass is 10.1. The average molecular weight is 130 g/mol. The van der Waals surface area contributed by atoms with Gasteiger partial charge in [-0.3, -0.25) is 4.79 Å². The molecule has 2 radical (unpaired) electrons. The minimum Gasteiger partial charge on any atom is -0.294 e. The largest absolute Gasteiger partial charge is 0.294 e. The predicted molar refractivity (Wildman–Crippen MR) is 37.6 cm³/mol. The Kier molecular flexibility index (Phi) is 1.10. The van der Waals surface area contributed by atoms with Gasteiger partial charge in [-0.25, -0.2) is 0 Å². The van der Waals surface area contributed by atoms with Crippen LogP contribution >= 0.6 is 0 Å². The van der Waals surface area contributed by atoms with E-state index in [9.17, 15) is 4.79 Å². The molecule has 0 saturated heterocycles. The Morgan fingerprint density at radius 1 is 1.50 bits per heavy atom. The van der Waals surface area contributed by atoms with Gasteiger partial charge in [-0.2, -0.15) is 0 Å². The smallest absolute Gasteiger partial charge is 0.167 e. The lowest BCUT2D eigenvalue weighted by Gasteiger charge is -1.91. The summed E-state index contributed by atoms with van der Waals surface area (Å²) < 4.78 is 0. The highest BCUT2D eigenvalue weighted by molar-refractivity contribution is 6.06. The van der Waals surface area contributed by atoms with Gasteiger partial charge in [0, 0.05) is 12.0 Å². The molecule has 1 heteroatoms. The zero-order valence-corrected chi connectivity index (χ0v) is 5.42. The van der Waals surface area contributed by atoms with Gasteiger partial charge in [-0.1, -0.05) is 18.2 Å². The number of Topliss-reactive ketones (excluding diaryl/α,β-unsaturated/α-hetero) is 1. The number of rotatable bonds is 0. The second-order valence-electron chi connectivity index (χ2n) is 2.36. The van der Waals surface area contributed by atoms with Crippen LogP contribution in [0.25, 0.3) is 0 Å². The Bertz CT molecular complexity index is 276. The second kappa shape index (κ2) is 1.94. The second-order valence-corrected chi connectivity index (χ2v) is 2.36. The van der Waals surface area contributed by atoms with E-state index in [4.69, 9.17) is 0 Å². The summed E-state index contributed by atoms with van der Waals surface area (Å²) in [7, 11) is 0. The molecule has 0 atom stereocenters. The molecular formula is C9H6O. The predicted octanol–water partition coefficient (Wildman–Crippen LogP) is 1.43. The van der Waals surface area contributed by atoms with E-state index in [1.165, 1.54) is 0 Å². The zero-order valence-electron chi connectivity index (χ0n) is 5.42. The lowest BCUT2D eigenvalue weighted by molar-refractivity contribution is 0.103. The van der Waals surface area contributed by atoms with Crippen molar-refractivity contribution in [2.45, 2.75) is 6.42 Å². The van der Waals surface area contributed by atoms with Crippen molar-refractivity contribution in [3.63, 3.8) is 0 Å². The first-order valence-electron chi connectivity index (χ1n) is 3.24. The van der Waals surface area contributed by atoms with E-state index in [2.05, 4.69) is 6.07 Å². The number of fused-ring (bicyclic) bond motifs is 1. The zero-order chi connectivity index (χ0) is 6.97. The number of carbonyl (C=O) groups excluding carboxylic acids is 1. The molecule has 48 valence electrons. The Balaban J connectivity index is 2.61. The summed E-state index contributed by atoms with van der Waals surface area (Å²) in [5, 5.41) is 0. The normalized spacial score (nSPS) is 15.4. The first kappa shape index (κ1) is 5.66. The fraction of sp³-hybridized carbons (Fsp3) is 0.111. The Hall–Kier alpha value is -1.11. The van der Waals surface area contributed by atoms with Gasteiger partial charge in [-0.15, -0.1) is 0 Å². The molecule has 0 aromatic heterocycles. The Morgan fingerprint density at radius 3 is 3.20 bits per heavy atom. The van der Waals surface area contributed by atoms with E-state index in [0.717, 1.165) is 17.5 Å². The van der Waals surface area contributed by atoms with Gasteiger partial charge in [0.25, 0.3) is 0 Å². The molecule has 0 N–H and O–H groups in total. The third-order valence-corrected chi connectivity index (χ3v) is 1.72. The van der Waals surface area contributed by atoms with Crippen LogP contribution in [-0.2, 0) is 6.42 Å². The lowest BCUT2D eigenvalue weighted by Crippen LogP contribution is -1.89. The monoisotopic (exact) mass is 130 g/mol. The summed E-state index contributed by atoms with van der Waals surface area (Å²) >= 11 is 0. The van der Waals surface area contributed by atoms with Crippen molar-refractivity contribution in [2.24, 2.45) is 0 Å². The Labute approximate surface area is 59.7 Å². The van der Waals surface area contributed by atoms with Gasteiger partial charge in [0.2, 0.25) is 0 Å². The molecule has 0 saturated carbocycles. The maximum atomic E-state index is 11.0. The van der Waals surface area contributed by atoms with E-state index in [1.807, 2.05) is 12.1 Å². The summed E-state index contributed by atoms with van der Waals surface area (Å²) in [5.74, 6) is 0.156. The quantitative estimate of drug-likeness (QED) is 0.519. The number of ketones is 1. The van der Waals surface area contributed by atoms with Crippen molar-refractivity contribution in [1.82, 2.24) is 0 Å². The molecule has 0 spiro atoms. The fourth-order valence-corrected chi connectivity index (χ4v) is 1.19. The third kappa shape index (κ3) is 0.670. The van der Waals surface area contributed by atoms with Crippen LogP contribution in [0, 0.1) is 12.5 Å². The van der Waals surface area contributed by atoms with Gasteiger partial charge in [-0.05, 0) is 18.1 Å². The molecule has 1 aromatic rings. The van der Waals surface area contributed by atoms with Gasteiger partial charge >= 0.3 is 0 Å².